The number of oxazole rings is 1. The molecule has 0 aliphatic heterocycles. The van der Waals surface area contributed by atoms with Crippen LogP contribution >= 0.6 is 0 Å². The van der Waals surface area contributed by atoms with Gasteiger partial charge in [-0.05, 0) is 33.6 Å². The van der Waals surface area contributed by atoms with Gasteiger partial charge in [-0.1, -0.05) is 0 Å². The quantitative estimate of drug-likeness (QED) is 0.893. The van der Waals surface area contributed by atoms with Crippen LogP contribution in [0.15, 0.2) is 4.42 Å². The molecule has 1 fully saturated rings. The molecule has 1 heterocycles. The Morgan fingerprint density at radius 1 is 1.44 bits per heavy atom. The molecule has 0 atom stereocenters. The number of carbonyl (C=O) groups excluding carboxylic acids is 1. The van der Waals surface area contributed by atoms with Crippen LogP contribution in [0.3, 0.4) is 0 Å². The molecule has 0 spiro atoms. The molecule has 0 aromatic carbocycles. The molecular formula is C11H16N2O4S. The zero-order valence-corrected chi connectivity index (χ0v) is 11.4. The van der Waals surface area contributed by atoms with Crippen LogP contribution in [0.2, 0.25) is 0 Å². The van der Waals surface area contributed by atoms with Crippen LogP contribution in [0.5, 0.6) is 0 Å². The number of aryl methyl sites for hydroxylation is 1. The number of hydrogen-bond donors (Lipinski definition) is 1. The van der Waals surface area contributed by atoms with Crippen molar-refractivity contribution in [1.82, 2.24) is 9.71 Å². The van der Waals surface area contributed by atoms with E-state index in [1.165, 1.54) is 13.8 Å². The first-order valence-electron chi connectivity index (χ1n) is 5.84. The van der Waals surface area contributed by atoms with Gasteiger partial charge in [-0.3, -0.25) is 4.79 Å². The van der Waals surface area contributed by atoms with E-state index in [9.17, 15) is 13.2 Å². The Balaban J connectivity index is 2.18. The molecule has 1 aliphatic carbocycles. The monoisotopic (exact) mass is 272 g/mol. The topological polar surface area (TPSA) is 89.3 Å². The maximum absolute atomic E-state index is 11.8. The Bertz CT molecular complexity index is 570. The van der Waals surface area contributed by atoms with Gasteiger partial charge in [0.25, 0.3) is 0 Å². The average Bonchev–Trinajstić information content (AvgIpc) is 3.01. The predicted molar refractivity (Wildman–Crippen MR) is 64.7 cm³/mol. The summed E-state index contributed by atoms with van der Waals surface area (Å²) in [6.45, 7) is 4.63. The highest BCUT2D eigenvalue weighted by atomic mass is 32.2. The largest absolute Gasteiger partial charge is 0.435 e. The molecule has 0 radical (unpaired) electrons. The lowest BCUT2D eigenvalue weighted by molar-refractivity contribution is 0.0951. The summed E-state index contributed by atoms with van der Waals surface area (Å²) in [6.07, 6.45) is 2.01. The third-order valence-corrected chi connectivity index (χ3v) is 4.51. The smallest absolute Gasteiger partial charge is 0.302 e. The Hall–Kier alpha value is -1.37. The lowest BCUT2D eigenvalue weighted by Gasteiger charge is -2.07. The zero-order chi connectivity index (χ0) is 13.5. The van der Waals surface area contributed by atoms with Gasteiger partial charge in [-0.2, -0.15) is 0 Å². The molecule has 7 heteroatoms. The molecule has 1 aromatic rings. The minimum Gasteiger partial charge on any atom is -0.435 e. The van der Waals surface area contributed by atoms with E-state index in [0.29, 0.717) is 11.6 Å². The van der Waals surface area contributed by atoms with E-state index < -0.39 is 21.2 Å². The van der Waals surface area contributed by atoms with E-state index in [1.54, 1.807) is 6.92 Å². The molecule has 2 rings (SSSR count). The number of nitrogens with one attached hydrogen (secondary N) is 1. The maximum atomic E-state index is 11.8. The van der Waals surface area contributed by atoms with Gasteiger partial charge in [0.05, 0.1) is 10.9 Å². The van der Waals surface area contributed by atoms with Crippen molar-refractivity contribution >= 4 is 15.9 Å². The van der Waals surface area contributed by atoms with Gasteiger partial charge in [0.2, 0.25) is 15.8 Å². The average molecular weight is 272 g/mol. The summed E-state index contributed by atoms with van der Waals surface area (Å²) >= 11 is 0. The Kier molecular flexibility index (Phi) is 3.18. The van der Waals surface area contributed by atoms with E-state index in [2.05, 4.69) is 4.98 Å². The van der Waals surface area contributed by atoms with Crippen LogP contribution < -0.4 is 4.72 Å². The number of rotatable bonds is 4. The van der Waals surface area contributed by atoms with Crippen LogP contribution in [-0.4, -0.2) is 24.6 Å². The van der Waals surface area contributed by atoms with Crippen molar-refractivity contribution in [1.29, 1.82) is 0 Å². The molecule has 100 valence electrons. The van der Waals surface area contributed by atoms with Crippen LogP contribution in [0.25, 0.3) is 0 Å². The van der Waals surface area contributed by atoms with E-state index >= 15 is 0 Å². The van der Waals surface area contributed by atoms with Crippen LogP contribution in [0.4, 0.5) is 0 Å². The van der Waals surface area contributed by atoms with Gasteiger partial charge >= 0.3 is 5.91 Å². The molecule has 1 N–H and O–H groups in total. The standard InChI is InChI=1S/C11H16N2O4S/c1-6(2)18(15,16)13-10(14)9-7(3)12-11(17-9)8-4-5-8/h6,8H,4-5H2,1-3H3,(H,13,14). The third-order valence-electron chi connectivity index (χ3n) is 2.80. The van der Waals surface area contributed by atoms with Crippen molar-refractivity contribution in [2.45, 2.75) is 44.8 Å². The lowest BCUT2D eigenvalue weighted by atomic mass is 10.4. The number of nitrogens with zero attached hydrogens (tertiary/aromatic N) is 1. The van der Waals surface area contributed by atoms with Gasteiger partial charge in [-0.25, -0.2) is 18.1 Å². The Morgan fingerprint density at radius 3 is 2.56 bits per heavy atom. The van der Waals surface area contributed by atoms with Crippen LogP contribution in [0, 0.1) is 6.92 Å². The highest BCUT2D eigenvalue weighted by Crippen LogP contribution is 2.40. The summed E-state index contributed by atoms with van der Waals surface area (Å²) in [7, 11) is -3.65. The minimum atomic E-state index is -3.65. The van der Waals surface area contributed by atoms with Crippen LogP contribution in [-0.2, 0) is 10.0 Å². The summed E-state index contributed by atoms with van der Waals surface area (Å²) in [5.41, 5.74) is 0.424. The fourth-order valence-electron chi connectivity index (χ4n) is 1.43. The minimum absolute atomic E-state index is 0.0128. The summed E-state index contributed by atoms with van der Waals surface area (Å²) in [5.74, 6) is 0.0493. The summed E-state index contributed by atoms with van der Waals surface area (Å²) in [6, 6.07) is 0. The van der Waals surface area contributed by atoms with Gasteiger partial charge in [0.1, 0.15) is 0 Å². The van der Waals surface area contributed by atoms with Gasteiger partial charge in [0, 0.05) is 5.92 Å². The first kappa shape index (κ1) is 13.1. The molecule has 18 heavy (non-hydrogen) atoms. The van der Waals surface area contributed by atoms with Crippen LogP contribution in [0.1, 0.15) is 54.7 Å². The number of aromatic nitrogens is 1. The van der Waals surface area contributed by atoms with Gasteiger partial charge < -0.3 is 4.42 Å². The molecule has 6 nitrogen and oxygen atoms in total. The van der Waals surface area contributed by atoms with Gasteiger partial charge in [0.15, 0.2) is 5.89 Å². The molecule has 0 unspecified atom stereocenters. The second-order valence-electron chi connectivity index (χ2n) is 4.77. The molecule has 1 amide bonds. The van der Waals surface area contributed by atoms with E-state index in [-0.39, 0.29) is 11.7 Å². The van der Waals surface area contributed by atoms with Crippen molar-refractivity contribution in [3.8, 4) is 0 Å². The molecule has 1 saturated carbocycles. The zero-order valence-electron chi connectivity index (χ0n) is 10.6. The first-order valence-corrected chi connectivity index (χ1v) is 7.39. The van der Waals surface area contributed by atoms with Gasteiger partial charge in [-0.15, -0.1) is 0 Å². The number of hydrogen-bond acceptors (Lipinski definition) is 5. The second-order valence-corrected chi connectivity index (χ2v) is 7.00. The molecule has 1 aliphatic rings. The lowest BCUT2D eigenvalue weighted by Crippen LogP contribution is -2.35. The molecule has 0 saturated heterocycles. The predicted octanol–water partition coefficient (Wildman–Crippen LogP) is 1.33. The number of carbonyl (C=O) groups is 1. The maximum Gasteiger partial charge on any atom is 0.302 e. The highest BCUT2D eigenvalue weighted by Gasteiger charge is 2.31. The Morgan fingerprint density at radius 2 is 2.06 bits per heavy atom. The summed E-state index contributed by atoms with van der Waals surface area (Å²) < 4.78 is 30.5. The highest BCUT2D eigenvalue weighted by molar-refractivity contribution is 7.90. The summed E-state index contributed by atoms with van der Waals surface area (Å²) in [5, 5.41) is -0.674. The van der Waals surface area contributed by atoms with Crippen molar-refractivity contribution in [3.05, 3.63) is 17.3 Å². The first-order chi connectivity index (χ1) is 8.31. The SMILES string of the molecule is Cc1nc(C2CC2)oc1C(=O)NS(=O)(=O)C(C)C. The molecule has 1 aromatic heterocycles. The number of amides is 1. The van der Waals surface area contributed by atoms with E-state index in [0.717, 1.165) is 12.8 Å². The van der Waals surface area contributed by atoms with Crippen molar-refractivity contribution in [2.75, 3.05) is 0 Å². The molecular weight excluding hydrogens is 256 g/mol. The Labute approximate surface area is 106 Å². The fourth-order valence-corrected chi connectivity index (χ4v) is 2.01. The normalized spacial score (nSPS) is 16.0. The summed E-state index contributed by atoms with van der Waals surface area (Å²) in [4.78, 5) is 16.0. The third kappa shape index (κ3) is 2.55. The second kappa shape index (κ2) is 4.38. The van der Waals surface area contributed by atoms with E-state index in [1.807, 2.05) is 4.72 Å². The van der Waals surface area contributed by atoms with Crippen molar-refractivity contribution in [2.24, 2.45) is 0 Å². The molecule has 0 bridgehead atoms. The van der Waals surface area contributed by atoms with Crippen molar-refractivity contribution in [3.63, 3.8) is 0 Å². The van der Waals surface area contributed by atoms with Crippen molar-refractivity contribution < 1.29 is 17.6 Å². The number of sulfonamides is 1. The fraction of sp³-hybridized carbons (Fsp3) is 0.636. The van der Waals surface area contributed by atoms with E-state index in [4.69, 9.17) is 4.42 Å².